The van der Waals surface area contributed by atoms with Crippen molar-refractivity contribution in [3.63, 3.8) is 0 Å². The number of rotatable bonds is 3. The van der Waals surface area contributed by atoms with E-state index in [-0.39, 0.29) is 5.76 Å². The second kappa shape index (κ2) is 5.56. The number of nitrogens with zero attached hydrogens (tertiary/aromatic N) is 3. The molecule has 1 rings (SSSR count). The van der Waals surface area contributed by atoms with Gasteiger partial charge in [-0.25, -0.2) is 4.99 Å². The molecule has 4 heteroatoms. The molecule has 0 amide bonds. The standard InChI is InChI=1S/C11H19N3O/c1-4-11(12-9-10(2)15)14-7-5-13(3)6-8-14/h4,9,15H,2,5-8H2,1,3H3/b11-4+,12-9-. The Morgan fingerprint density at radius 1 is 1.33 bits per heavy atom. The summed E-state index contributed by atoms with van der Waals surface area (Å²) in [5.41, 5.74) is 0. The fourth-order valence-corrected chi connectivity index (χ4v) is 1.51. The molecule has 15 heavy (non-hydrogen) atoms. The molecule has 84 valence electrons. The second-order valence-electron chi connectivity index (χ2n) is 3.69. The van der Waals surface area contributed by atoms with Gasteiger partial charge < -0.3 is 14.9 Å². The van der Waals surface area contributed by atoms with Crippen molar-refractivity contribution in [1.29, 1.82) is 0 Å². The number of aliphatic hydroxyl groups is 1. The number of hydrogen-bond acceptors (Lipinski definition) is 4. The first kappa shape index (κ1) is 11.8. The summed E-state index contributed by atoms with van der Waals surface area (Å²) in [6.45, 7) is 9.37. The highest BCUT2D eigenvalue weighted by molar-refractivity contribution is 5.75. The van der Waals surface area contributed by atoms with Crippen molar-refractivity contribution in [3.8, 4) is 0 Å². The van der Waals surface area contributed by atoms with Gasteiger partial charge in [-0.2, -0.15) is 0 Å². The molecule has 1 aliphatic rings. The van der Waals surface area contributed by atoms with Crippen molar-refractivity contribution in [1.82, 2.24) is 9.80 Å². The van der Waals surface area contributed by atoms with Gasteiger partial charge in [0.1, 0.15) is 11.6 Å². The third-order valence-corrected chi connectivity index (χ3v) is 2.43. The number of aliphatic hydroxyl groups excluding tert-OH is 1. The second-order valence-corrected chi connectivity index (χ2v) is 3.69. The van der Waals surface area contributed by atoms with Crippen molar-refractivity contribution in [2.24, 2.45) is 4.99 Å². The molecule has 0 spiro atoms. The highest BCUT2D eigenvalue weighted by atomic mass is 16.3. The van der Waals surface area contributed by atoms with Crippen LogP contribution in [0, 0.1) is 0 Å². The molecule has 0 atom stereocenters. The third kappa shape index (κ3) is 3.75. The molecule has 4 nitrogen and oxygen atoms in total. The minimum atomic E-state index is -0.0107. The van der Waals surface area contributed by atoms with Crippen LogP contribution in [0.3, 0.4) is 0 Å². The Balaban J connectivity index is 2.56. The Morgan fingerprint density at radius 3 is 2.40 bits per heavy atom. The smallest absolute Gasteiger partial charge is 0.126 e. The molecule has 0 unspecified atom stereocenters. The maximum Gasteiger partial charge on any atom is 0.126 e. The minimum Gasteiger partial charge on any atom is -0.507 e. The van der Waals surface area contributed by atoms with E-state index in [1.807, 2.05) is 13.0 Å². The van der Waals surface area contributed by atoms with Gasteiger partial charge in [0.15, 0.2) is 0 Å². The first-order valence-corrected chi connectivity index (χ1v) is 5.15. The predicted molar refractivity (Wildman–Crippen MR) is 63.1 cm³/mol. The lowest BCUT2D eigenvalue weighted by molar-refractivity contribution is 0.185. The van der Waals surface area contributed by atoms with Crippen molar-refractivity contribution < 1.29 is 5.11 Å². The zero-order chi connectivity index (χ0) is 11.3. The number of piperazine rings is 1. The monoisotopic (exact) mass is 209 g/mol. The van der Waals surface area contributed by atoms with E-state index < -0.39 is 0 Å². The van der Waals surface area contributed by atoms with Crippen molar-refractivity contribution >= 4 is 6.21 Å². The molecule has 0 aromatic carbocycles. The van der Waals surface area contributed by atoms with Gasteiger partial charge in [0.25, 0.3) is 0 Å². The molecule has 0 aromatic rings. The van der Waals surface area contributed by atoms with Crippen LogP contribution in [0.2, 0.25) is 0 Å². The van der Waals surface area contributed by atoms with Gasteiger partial charge in [-0.05, 0) is 20.0 Å². The summed E-state index contributed by atoms with van der Waals surface area (Å²) in [4.78, 5) is 8.68. The van der Waals surface area contributed by atoms with Crippen LogP contribution in [0.25, 0.3) is 0 Å². The maximum absolute atomic E-state index is 8.94. The van der Waals surface area contributed by atoms with Crippen LogP contribution in [0.1, 0.15) is 6.92 Å². The molecule has 1 N–H and O–H groups in total. The molecule has 1 fully saturated rings. The Morgan fingerprint density at radius 2 is 1.93 bits per heavy atom. The highest BCUT2D eigenvalue weighted by Gasteiger charge is 2.14. The van der Waals surface area contributed by atoms with Gasteiger partial charge in [-0.3, -0.25) is 0 Å². The van der Waals surface area contributed by atoms with Gasteiger partial charge in [0, 0.05) is 26.2 Å². The number of likely N-dealkylation sites (N-methyl/N-ethyl adjacent to an activating group) is 1. The van der Waals surface area contributed by atoms with E-state index in [1.54, 1.807) is 0 Å². The Labute approximate surface area is 91.2 Å². The van der Waals surface area contributed by atoms with E-state index in [2.05, 4.69) is 28.4 Å². The molecule has 0 aromatic heterocycles. The normalized spacial score (nSPS) is 19.9. The molecule has 1 heterocycles. The Bertz CT molecular complexity index is 276. The van der Waals surface area contributed by atoms with Gasteiger partial charge in [-0.1, -0.05) is 6.58 Å². The fraction of sp³-hybridized carbons (Fsp3) is 0.545. The summed E-state index contributed by atoms with van der Waals surface area (Å²) < 4.78 is 0. The lowest BCUT2D eigenvalue weighted by atomic mass is 10.3. The topological polar surface area (TPSA) is 39.1 Å². The zero-order valence-corrected chi connectivity index (χ0v) is 9.48. The average molecular weight is 209 g/mol. The number of hydrogen-bond donors (Lipinski definition) is 1. The van der Waals surface area contributed by atoms with Crippen LogP contribution in [0.5, 0.6) is 0 Å². The Hall–Kier alpha value is -1.29. The average Bonchev–Trinajstić information content (AvgIpc) is 2.21. The molecule has 0 radical (unpaired) electrons. The van der Waals surface area contributed by atoms with Crippen molar-refractivity contribution in [2.45, 2.75) is 6.92 Å². The molecular weight excluding hydrogens is 190 g/mol. The lowest BCUT2D eigenvalue weighted by Crippen LogP contribution is -2.43. The van der Waals surface area contributed by atoms with Crippen LogP contribution in [0.4, 0.5) is 0 Å². The maximum atomic E-state index is 8.94. The first-order chi connectivity index (χ1) is 7.13. The van der Waals surface area contributed by atoms with Gasteiger partial charge in [-0.15, -0.1) is 0 Å². The summed E-state index contributed by atoms with van der Waals surface area (Å²) in [5, 5.41) is 8.94. The number of aliphatic imine (C=N–C) groups is 1. The largest absolute Gasteiger partial charge is 0.507 e. The Kier molecular flexibility index (Phi) is 4.37. The van der Waals surface area contributed by atoms with Crippen molar-refractivity contribution in [2.75, 3.05) is 33.2 Å². The van der Waals surface area contributed by atoms with Crippen molar-refractivity contribution in [3.05, 3.63) is 24.2 Å². The van der Waals surface area contributed by atoms with E-state index in [1.165, 1.54) is 6.21 Å². The highest BCUT2D eigenvalue weighted by Crippen LogP contribution is 2.09. The van der Waals surface area contributed by atoms with E-state index in [9.17, 15) is 0 Å². The summed E-state index contributed by atoms with van der Waals surface area (Å²) in [7, 11) is 2.12. The van der Waals surface area contributed by atoms with Gasteiger partial charge in [0.2, 0.25) is 0 Å². The fourth-order valence-electron chi connectivity index (χ4n) is 1.51. The van der Waals surface area contributed by atoms with E-state index in [0.29, 0.717) is 0 Å². The molecular formula is C11H19N3O. The summed E-state index contributed by atoms with van der Waals surface area (Å²) in [6, 6.07) is 0. The van der Waals surface area contributed by atoms with E-state index >= 15 is 0 Å². The predicted octanol–water partition coefficient (Wildman–Crippen LogP) is 1.24. The summed E-state index contributed by atoms with van der Waals surface area (Å²) >= 11 is 0. The van der Waals surface area contributed by atoms with Crippen LogP contribution in [-0.2, 0) is 0 Å². The van der Waals surface area contributed by atoms with Gasteiger partial charge in [0.05, 0.1) is 6.21 Å². The van der Waals surface area contributed by atoms with E-state index in [4.69, 9.17) is 5.11 Å². The molecule has 1 aliphatic heterocycles. The molecule has 1 saturated heterocycles. The third-order valence-electron chi connectivity index (χ3n) is 2.43. The number of allylic oxidation sites excluding steroid dienone is 2. The van der Waals surface area contributed by atoms with Crippen LogP contribution in [0.15, 0.2) is 29.2 Å². The van der Waals surface area contributed by atoms with Gasteiger partial charge >= 0.3 is 0 Å². The van der Waals surface area contributed by atoms with Crippen LogP contribution >= 0.6 is 0 Å². The quantitative estimate of drug-likeness (QED) is 0.561. The SMILES string of the molecule is C=C(O)/C=N\C(=C/C)N1CCN(C)CC1. The first-order valence-electron chi connectivity index (χ1n) is 5.15. The van der Waals surface area contributed by atoms with E-state index in [0.717, 1.165) is 32.0 Å². The zero-order valence-electron chi connectivity index (χ0n) is 9.48. The lowest BCUT2D eigenvalue weighted by Gasteiger charge is -2.33. The van der Waals surface area contributed by atoms with Crippen LogP contribution < -0.4 is 0 Å². The van der Waals surface area contributed by atoms with Crippen LogP contribution in [-0.4, -0.2) is 54.3 Å². The molecule has 0 saturated carbocycles. The molecule has 0 bridgehead atoms. The summed E-state index contributed by atoms with van der Waals surface area (Å²) in [5.74, 6) is 0.891. The minimum absolute atomic E-state index is 0.0107. The summed E-state index contributed by atoms with van der Waals surface area (Å²) in [6.07, 6.45) is 3.33. The molecule has 0 aliphatic carbocycles.